The van der Waals surface area contributed by atoms with Gasteiger partial charge in [0.15, 0.2) is 0 Å². The maximum Gasteiger partial charge on any atom is 0.125 e. The highest BCUT2D eigenvalue weighted by molar-refractivity contribution is 5.26. The Morgan fingerprint density at radius 3 is 2.68 bits per heavy atom. The number of piperidine rings is 1. The summed E-state index contributed by atoms with van der Waals surface area (Å²) in [4.78, 5) is 2.43. The number of hydrogen-bond donors (Lipinski definition) is 1. The van der Waals surface area contributed by atoms with Crippen molar-refractivity contribution < 1.29 is 4.42 Å². The first-order valence-electron chi connectivity index (χ1n) is 6.92. The van der Waals surface area contributed by atoms with Gasteiger partial charge >= 0.3 is 0 Å². The molecule has 0 bridgehead atoms. The molecule has 2 atom stereocenters. The van der Waals surface area contributed by atoms with Crippen molar-refractivity contribution in [1.29, 1.82) is 0 Å². The van der Waals surface area contributed by atoms with Crippen LogP contribution in [0.2, 0.25) is 0 Å². The molecule has 2 heterocycles. The maximum atomic E-state index is 6.12. The van der Waals surface area contributed by atoms with E-state index in [1.54, 1.807) is 6.26 Å². The zero-order chi connectivity index (χ0) is 13.1. The van der Waals surface area contributed by atoms with Gasteiger partial charge in [-0.15, -0.1) is 0 Å². The molecule has 2 N–H and O–H groups in total. The lowest BCUT2D eigenvalue weighted by molar-refractivity contribution is 0.156. The summed E-state index contributed by atoms with van der Waals surface area (Å²) < 4.78 is 5.66. The van der Waals surface area contributed by atoms with Crippen LogP contribution in [0.5, 0.6) is 0 Å². The third-order valence-electron chi connectivity index (χ3n) is 3.78. The van der Waals surface area contributed by atoms with Gasteiger partial charge in [0, 0.05) is 12.6 Å². The first-order valence-corrected chi connectivity index (χ1v) is 6.92. The predicted octanol–water partition coefficient (Wildman–Crippen LogP) is 2.79. The second-order valence-electron chi connectivity index (χ2n) is 5.23. The number of benzene rings is 1. The zero-order valence-corrected chi connectivity index (χ0v) is 11.0. The third-order valence-corrected chi connectivity index (χ3v) is 3.78. The average molecular weight is 256 g/mol. The molecule has 0 amide bonds. The van der Waals surface area contributed by atoms with Crippen molar-refractivity contribution in [2.75, 3.05) is 13.1 Å². The Morgan fingerprint density at radius 1 is 1.16 bits per heavy atom. The van der Waals surface area contributed by atoms with Gasteiger partial charge in [0.1, 0.15) is 5.76 Å². The minimum Gasteiger partial charge on any atom is -0.467 e. The molecule has 0 aliphatic carbocycles. The first kappa shape index (κ1) is 12.5. The average Bonchev–Trinajstić information content (AvgIpc) is 2.94. The molecule has 0 radical (unpaired) electrons. The molecule has 2 unspecified atom stereocenters. The SMILES string of the molecule is NC1CCCN(C(c2ccccc2)c2ccco2)C1. The van der Waals surface area contributed by atoms with E-state index >= 15 is 0 Å². The summed E-state index contributed by atoms with van der Waals surface area (Å²) in [6.07, 6.45) is 4.02. The molecular weight excluding hydrogens is 236 g/mol. The monoisotopic (exact) mass is 256 g/mol. The fourth-order valence-corrected chi connectivity index (χ4v) is 2.91. The molecule has 1 aromatic heterocycles. The number of nitrogens with zero attached hydrogens (tertiary/aromatic N) is 1. The van der Waals surface area contributed by atoms with Gasteiger partial charge in [-0.1, -0.05) is 30.3 Å². The van der Waals surface area contributed by atoms with Crippen molar-refractivity contribution in [1.82, 2.24) is 4.90 Å². The fraction of sp³-hybridized carbons (Fsp3) is 0.375. The van der Waals surface area contributed by atoms with Crippen LogP contribution in [0.25, 0.3) is 0 Å². The normalized spacial score (nSPS) is 22.3. The van der Waals surface area contributed by atoms with E-state index in [9.17, 15) is 0 Å². The zero-order valence-electron chi connectivity index (χ0n) is 11.0. The number of hydrogen-bond acceptors (Lipinski definition) is 3. The van der Waals surface area contributed by atoms with E-state index in [1.165, 1.54) is 5.56 Å². The lowest BCUT2D eigenvalue weighted by Gasteiger charge is -2.36. The van der Waals surface area contributed by atoms with Crippen molar-refractivity contribution in [2.24, 2.45) is 5.73 Å². The highest BCUT2D eigenvalue weighted by Crippen LogP contribution is 2.30. The Bertz CT molecular complexity index is 495. The van der Waals surface area contributed by atoms with E-state index in [-0.39, 0.29) is 12.1 Å². The molecule has 3 nitrogen and oxygen atoms in total. The summed E-state index contributed by atoms with van der Waals surface area (Å²) in [5.74, 6) is 1.00. The second kappa shape index (κ2) is 5.59. The van der Waals surface area contributed by atoms with Gasteiger partial charge in [-0.25, -0.2) is 0 Å². The summed E-state index contributed by atoms with van der Waals surface area (Å²) in [7, 11) is 0. The van der Waals surface area contributed by atoms with Crippen LogP contribution >= 0.6 is 0 Å². The molecule has 0 saturated carbocycles. The number of nitrogens with two attached hydrogens (primary N) is 1. The molecule has 100 valence electrons. The van der Waals surface area contributed by atoms with Gasteiger partial charge in [0.25, 0.3) is 0 Å². The molecule has 1 aliphatic rings. The first-order chi connectivity index (χ1) is 9.34. The van der Waals surface area contributed by atoms with Crippen LogP contribution < -0.4 is 5.73 Å². The fourth-order valence-electron chi connectivity index (χ4n) is 2.91. The smallest absolute Gasteiger partial charge is 0.125 e. The topological polar surface area (TPSA) is 42.4 Å². The lowest BCUT2D eigenvalue weighted by atomic mass is 9.98. The van der Waals surface area contributed by atoms with Crippen LogP contribution in [0.4, 0.5) is 0 Å². The van der Waals surface area contributed by atoms with Crippen molar-refractivity contribution in [2.45, 2.75) is 24.9 Å². The molecular formula is C16H20N2O. The Labute approximate surface area is 114 Å². The van der Waals surface area contributed by atoms with Crippen LogP contribution in [0, 0.1) is 0 Å². The van der Waals surface area contributed by atoms with Gasteiger partial charge in [-0.2, -0.15) is 0 Å². The summed E-state index contributed by atoms with van der Waals surface area (Å²) in [5.41, 5.74) is 7.39. The molecule has 1 saturated heterocycles. The van der Waals surface area contributed by atoms with Crippen LogP contribution in [0.3, 0.4) is 0 Å². The van der Waals surface area contributed by atoms with E-state index in [0.717, 1.165) is 31.7 Å². The number of likely N-dealkylation sites (tertiary alicyclic amines) is 1. The van der Waals surface area contributed by atoms with Gasteiger partial charge in [0.05, 0.1) is 12.3 Å². The van der Waals surface area contributed by atoms with Crippen molar-refractivity contribution >= 4 is 0 Å². The summed E-state index contributed by atoms with van der Waals surface area (Å²) >= 11 is 0. The standard InChI is InChI=1S/C16H20N2O/c17-14-8-4-10-18(12-14)16(15-9-5-11-19-15)13-6-2-1-3-7-13/h1-3,5-7,9,11,14,16H,4,8,10,12,17H2. The van der Waals surface area contributed by atoms with E-state index in [1.807, 2.05) is 12.1 Å². The number of rotatable bonds is 3. The van der Waals surface area contributed by atoms with Gasteiger partial charge < -0.3 is 10.2 Å². The van der Waals surface area contributed by atoms with Gasteiger partial charge in [0.2, 0.25) is 0 Å². The highest BCUT2D eigenvalue weighted by atomic mass is 16.3. The van der Waals surface area contributed by atoms with Crippen LogP contribution in [-0.2, 0) is 0 Å². The quantitative estimate of drug-likeness (QED) is 0.918. The summed E-state index contributed by atoms with van der Waals surface area (Å²) in [6, 6.07) is 15.0. The van der Waals surface area contributed by atoms with E-state index < -0.39 is 0 Å². The van der Waals surface area contributed by atoms with E-state index in [2.05, 4.69) is 35.2 Å². The van der Waals surface area contributed by atoms with Crippen LogP contribution in [0.1, 0.15) is 30.2 Å². The van der Waals surface area contributed by atoms with Gasteiger partial charge in [-0.05, 0) is 37.1 Å². The molecule has 0 spiro atoms. The second-order valence-corrected chi connectivity index (χ2v) is 5.23. The lowest BCUT2D eigenvalue weighted by Crippen LogP contribution is -2.44. The van der Waals surface area contributed by atoms with Crippen molar-refractivity contribution in [3.63, 3.8) is 0 Å². The van der Waals surface area contributed by atoms with E-state index in [0.29, 0.717) is 0 Å². The molecule has 19 heavy (non-hydrogen) atoms. The summed E-state index contributed by atoms with van der Waals surface area (Å²) in [6.45, 7) is 2.01. The minimum absolute atomic E-state index is 0.183. The molecule has 3 rings (SSSR count). The maximum absolute atomic E-state index is 6.12. The highest BCUT2D eigenvalue weighted by Gasteiger charge is 2.28. The Hall–Kier alpha value is -1.58. The van der Waals surface area contributed by atoms with Gasteiger partial charge in [-0.3, -0.25) is 4.90 Å². The Kier molecular flexibility index (Phi) is 3.67. The minimum atomic E-state index is 0.183. The molecule has 1 aliphatic heterocycles. The Morgan fingerprint density at radius 2 is 2.00 bits per heavy atom. The Balaban J connectivity index is 1.93. The van der Waals surface area contributed by atoms with Crippen LogP contribution in [0.15, 0.2) is 53.1 Å². The molecule has 2 aromatic rings. The summed E-state index contributed by atoms with van der Waals surface area (Å²) in [5, 5.41) is 0. The number of furan rings is 1. The molecule has 1 aromatic carbocycles. The third kappa shape index (κ3) is 2.72. The van der Waals surface area contributed by atoms with Crippen molar-refractivity contribution in [3.8, 4) is 0 Å². The molecule has 3 heteroatoms. The molecule has 1 fully saturated rings. The van der Waals surface area contributed by atoms with E-state index in [4.69, 9.17) is 10.2 Å². The van der Waals surface area contributed by atoms with Crippen molar-refractivity contribution in [3.05, 3.63) is 60.1 Å². The van der Waals surface area contributed by atoms with Crippen LogP contribution in [-0.4, -0.2) is 24.0 Å². The predicted molar refractivity (Wildman–Crippen MR) is 75.8 cm³/mol. The largest absolute Gasteiger partial charge is 0.467 e.